The molecule has 0 fully saturated rings. The lowest BCUT2D eigenvalue weighted by atomic mass is 10.2. The molecule has 0 radical (unpaired) electrons. The SMILES string of the molecule is Cn1nc(Br)c2ccc(CON)cc21. The lowest BCUT2D eigenvalue weighted by molar-refractivity contribution is 0.124. The number of halogens is 1. The van der Waals surface area contributed by atoms with Crippen molar-refractivity contribution in [2.24, 2.45) is 12.9 Å². The lowest BCUT2D eigenvalue weighted by Gasteiger charge is -1.99. The Balaban J connectivity index is 2.59. The molecular weight excluding hydrogens is 246 g/mol. The highest BCUT2D eigenvalue weighted by Gasteiger charge is 2.06. The summed E-state index contributed by atoms with van der Waals surface area (Å²) in [5.74, 6) is 5.02. The van der Waals surface area contributed by atoms with Crippen LogP contribution in [0.2, 0.25) is 0 Å². The van der Waals surface area contributed by atoms with Crippen molar-refractivity contribution < 1.29 is 4.84 Å². The number of hydrogen-bond donors (Lipinski definition) is 1. The Labute approximate surface area is 89.7 Å². The predicted octanol–water partition coefficient (Wildman–Crippen LogP) is 1.73. The number of nitrogens with two attached hydrogens (primary N) is 1. The van der Waals surface area contributed by atoms with Crippen LogP contribution in [0.25, 0.3) is 10.9 Å². The topological polar surface area (TPSA) is 53.1 Å². The van der Waals surface area contributed by atoms with E-state index in [0.29, 0.717) is 6.61 Å². The van der Waals surface area contributed by atoms with Crippen molar-refractivity contribution in [3.63, 3.8) is 0 Å². The summed E-state index contributed by atoms with van der Waals surface area (Å²) >= 11 is 3.39. The van der Waals surface area contributed by atoms with E-state index in [1.54, 1.807) is 0 Å². The van der Waals surface area contributed by atoms with Crippen LogP contribution in [-0.4, -0.2) is 9.78 Å². The largest absolute Gasteiger partial charge is 0.300 e. The zero-order valence-electron chi connectivity index (χ0n) is 7.70. The van der Waals surface area contributed by atoms with E-state index in [9.17, 15) is 0 Å². The summed E-state index contributed by atoms with van der Waals surface area (Å²) in [6.07, 6.45) is 0. The first-order valence-corrected chi connectivity index (χ1v) is 4.94. The van der Waals surface area contributed by atoms with Gasteiger partial charge in [-0.05, 0) is 33.6 Å². The van der Waals surface area contributed by atoms with Gasteiger partial charge in [-0.3, -0.25) is 9.52 Å². The van der Waals surface area contributed by atoms with Crippen LogP contribution in [0.3, 0.4) is 0 Å². The van der Waals surface area contributed by atoms with Crippen LogP contribution in [0.15, 0.2) is 22.8 Å². The molecule has 0 aliphatic carbocycles. The van der Waals surface area contributed by atoms with Gasteiger partial charge in [-0.15, -0.1) is 0 Å². The molecule has 0 amide bonds. The summed E-state index contributed by atoms with van der Waals surface area (Å²) in [7, 11) is 1.90. The molecule has 1 aromatic heterocycles. The second-order valence-electron chi connectivity index (χ2n) is 3.08. The van der Waals surface area contributed by atoms with Crippen LogP contribution in [0.1, 0.15) is 5.56 Å². The number of aryl methyl sites for hydroxylation is 1. The molecule has 2 N–H and O–H groups in total. The summed E-state index contributed by atoms with van der Waals surface area (Å²) < 4.78 is 2.68. The second-order valence-corrected chi connectivity index (χ2v) is 3.83. The Bertz CT molecular complexity index is 466. The molecule has 14 heavy (non-hydrogen) atoms. The highest BCUT2D eigenvalue weighted by molar-refractivity contribution is 9.10. The van der Waals surface area contributed by atoms with Gasteiger partial charge in [-0.1, -0.05) is 6.07 Å². The zero-order valence-corrected chi connectivity index (χ0v) is 9.28. The predicted molar refractivity (Wildman–Crippen MR) is 57.4 cm³/mol. The Morgan fingerprint density at radius 1 is 1.57 bits per heavy atom. The maximum absolute atomic E-state index is 5.02. The fourth-order valence-electron chi connectivity index (χ4n) is 1.44. The first kappa shape index (κ1) is 9.64. The molecule has 2 rings (SSSR count). The molecule has 1 heterocycles. The molecule has 1 aromatic carbocycles. The average Bonchev–Trinajstić information content (AvgIpc) is 2.43. The van der Waals surface area contributed by atoms with E-state index in [4.69, 9.17) is 5.90 Å². The van der Waals surface area contributed by atoms with Crippen molar-refractivity contribution in [3.8, 4) is 0 Å². The first-order chi connectivity index (χ1) is 6.72. The van der Waals surface area contributed by atoms with Crippen molar-refractivity contribution in [1.29, 1.82) is 0 Å². The third-order valence-electron chi connectivity index (χ3n) is 2.12. The first-order valence-electron chi connectivity index (χ1n) is 4.15. The van der Waals surface area contributed by atoms with Crippen molar-refractivity contribution in [2.75, 3.05) is 0 Å². The number of nitrogens with zero attached hydrogens (tertiary/aromatic N) is 2. The molecule has 2 aromatic rings. The number of benzene rings is 1. The van der Waals surface area contributed by atoms with Crippen LogP contribution < -0.4 is 5.90 Å². The Morgan fingerprint density at radius 3 is 3.07 bits per heavy atom. The number of aromatic nitrogens is 2. The second kappa shape index (κ2) is 3.68. The summed E-state index contributed by atoms with van der Waals surface area (Å²) in [4.78, 5) is 4.58. The van der Waals surface area contributed by atoms with Crippen LogP contribution in [0, 0.1) is 0 Å². The van der Waals surface area contributed by atoms with Crippen LogP contribution in [0.5, 0.6) is 0 Å². The van der Waals surface area contributed by atoms with Gasteiger partial charge in [0, 0.05) is 12.4 Å². The fourth-order valence-corrected chi connectivity index (χ4v) is 2.02. The van der Waals surface area contributed by atoms with E-state index in [2.05, 4.69) is 25.9 Å². The van der Waals surface area contributed by atoms with E-state index in [1.165, 1.54) is 0 Å². The third-order valence-corrected chi connectivity index (χ3v) is 2.71. The number of hydrogen-bond acceptors (Lipinski definition) is 3. The van der Waals surface area contributed by atoms with E-state index >= 15 is 0 Å². The Morgan fingerprint density at radius 2 is 2.36 bits per heavy atom. The molecule has 0 spiro atoms. The molecule has 0 bridgehead atoms. The number of fused-ring (bicyclic) bond motifs is 1. The molecule has 0 unspecified atom stereocenters. The molecule has 0 aliphatic rings. The van der Waals surface area contributed by atoms with Crippen LogP contribution in [0.4, 0.5) is 0 Å². The van der Waals surface area contributed by atoms with Gasteiger partial charge < -0.3 is 0 Å². The molecular formula is C9H10BrN3O. The van der Waals surface area contributed by atoms with Gasteiger partial charge in [0.15, 0.2) is 0 Å². The van der Waals surface area contributed by atoms with Gasteiger partial charge in [0.2, 0.25) is 0 Å². The minimum absolute atomic E-state index is 0.415. The minimum atomic E-state index is 0.415. The van der Waals surface area contributed by atoms with Gasteiger partial charge in [-0.2, -0.15) is 5.10 Å². The lowest BCUT2D eigenvalue weighted by Crippen LogP contribution is -1.99. The van der Waals surface area contributed by atoms with Crippen molar-refractivity contribution >= 4 is 26.8 Å². The van der Waals surface area contributed by atoms with Crippen molar-refractivity contribution in [1.82, 2.24) is 9.78 Å². The normalized spacial score (nSPS) is 11.1. The van der Waals surface area contributed by atoms with E-state index < -0.39 is 0 Å². The van der Waals surface area contributed by atoms with Crippen LogP contribution in [-0.2, 0) is 18.5 Å². The maximum atomic E-state index is 5.02. The van der Waals surface area contributed by atoms with E-state index in [1.807, 2.05) is 29.9 Å². The summed E-state index contributed by atoms with van der Waals surface area (Å²) in [5, 5.41) is 5.34. The fraction of sp³-hybridized carbons (Fsp3) is 0.222. The molecule has 4 nitrogen and oxygen atoms in total. The van der Waals surface area contributed by atoms with Gasteiger partial charge >= 0.3 is 0 Å². The summed E-state index contributed by atoms with van der Waals surface area (Å²) in [6.45, 7) is 0.415. The smallest absolute Gasteiger partial charge is 0.135 e. The summed E-state index contributed by atoms with van der Waals surface area (Å²) in [5.41, 5.74) is 2.10. The standard InChI is InChI=1S/C9H10BrN3O/c1-13-8-4-6(5-14-11)2-3-7(8)9(10)12-13/h2-4H,5,11H2,1H3. The third kappa shape index (κ3) is 1.54. The highest BCUT2D eigenvalue weighted by atomic mass is 79.9. The van der Waals surface area contributed by atoms with Gasteiger partial charge in [0.05, 0.1) is 12.1 Å². The Kier molecular flexibility index (Phi) is 2.54. The zero-order chi connectivity index (χ0) is 10.1. The van der Waals surface area contributed by atoms with E-state index in [-0.39, 0.29) is 0 Å². The molecule has 5 heteroatoms. The van der Waals surface area contributed by atoms with Crippen LogP contribution >= 0.6 is 15.9 Å². The molecule has 0 aliphatic heterocycles. The van der Waals surface area contributed by atoms with Gasteiger partial charge in [0.25, 0.3) is 0 Å². The van der Waals surface area contributed by atoms with Crippen molar-refractivity contribution in [2.45, 2.75) is 6.61 Å². The monoisotopic (exact) mass is 255 g/mol. The van der Waals surface area contributed by atoms with Gasteiger partial charge in [0.1, 0.15) is 4.60 Å². The average molecular weight is 256 g/mol. The maximum Gasteiger partial charge on any atom is 0.135 e. The molecule has 0 atom stereocenters. The Hall–Kier alpha value is -0.910. The number of rotatable bonds is 2. The molecule has 74 valence electrons. The summed E-state index contributed by atoms with van der Waals surface area (Å²) in [6, 6.07) is 5.99. The van der Waals surface area contributed by atoms with Crippen molar-refractivity contribution in [3.05, 3.63) is 28.4 Å². The van der Waals surface area contributed by atoms with Gasteiger partial charge in [-0.25, -0.2) is 5.90 Å². The highest BCUT2D eigenvalue weighted by Crippen LogP contribution is 2.23. The molecule has 0 saturated carbocycles. The minimum Gasteiger partial charge on any atom is -0.300 e. The van der Waals surface area contributed by atoms with E-state index in [0.717, 1.165) is 21.1 Å². The quantitative estimate of drug-likeness (QED) is 0.832. The molecule has 0 saturated heterocycles.